The first kappa shape index (κ1) is 17.9. The minimum Gasteiger partial charge on any atom is -0.353 e. The van der Waals surface area contributed by atoms with Crippen molar-refractivity contribution in [2.75, 3.05) is 36.4 Å². The predicted octanol–water partition coefficient (Wildman–Crippen LogP) is 2.18. The molecule has 28 heavy (non-hydrogen) atoms. The van der Waals surface area contributed by atoms with Crippen LogP contribution in [0.2, 0.25) is 0 Å². The van der Waals surface area contributed by atoms with E-state index in [0.717, 1.165) is 17.2 Å². The van der Waals surface area contributed by atoms with Gasteiger partial charge in [-0.2, -0.15) is 0 Å². The number of pyridine rings is 1. The summed E-state index contributed by atoms with van der Waals surface area (Å²) in [6, 6.07) is 7.40. The minimum atomic E-state index is -0.135. The van der Waals surface area contributed by atoms with E-state index in [1.807, 2.05) is 32.0 Å². The van der Waals surface area contributed by atoms with Crippen LogP contribution in [-0.2, 0) is 0 Å². The molecule has 0 aromatic carbocycles. The summed E-state index contributed by atoms with van der Waals surface area (Å²) in [6.07, 6.45) is 3.24. The number of piperazine rings is 1. The Bertz CT molecular complexity index is 966. The van der Waals surface area contributed by atoms with Crippen LogP contribution in [-0.4, -0.2) is 57.1 Å². The lowest BCUT2D eigenvalue weighted by Crippen LogP contribution is -2.49. The van der Waals surface area contributed by atoms with Crippen LogP contribution in [0, 0.1) is 13.8 Å². The summed E-state index contributed by atoms with van der Waals surface area (Å²) in [7, 11) is 0. The van der Waals surface area contributed by atoms with E-state index >= 15 is 0 Å². The van der Waals surface area contributed by atoms with Crippen molar-refractivity contribution in [2.45, 2.75) is 13.8 Å². The Morgan fingerprint density at radius 1 is 1.04 bits per heavy atom. The van der Waals surface area contributed by atoms with Gasteiger partial charge in [-0.25, -0.2) is 15.0 Å². The van der Waals surface area contributed by atoms with Crippen LogP contribution < -0.4 is 10.2 Å². The number of carbonyl (C=O) groups is 1. The van der Waals surface area contributed by atoms with Gasteiger partial charge < -0.3 is 19.6 Å². The van der Waals surface area contributed by atoms with E-state index in [2.05, 4.69) is 30.3 Å². The summed E-state index contributed by atoms with van der Waals surface area (Å²) in [5.74, 6) is 3.07. The van der Waals surface area contributed by atoms with Crippen molar-refractivity contribution in [2.24, 2.45) is 0 Å². The number of rotatable bonds is 4. The molecule has 9 nitrogen and oxygen atoms in total. The molecule has 1 aliphatic rings. The second-order valence-electron chi connectivity index (χ2n) is 6.66. The molecule has 1 amide bonds. The van der Waals surface area contributed by atoms with E-state index in [1.165, 1.54) is 6.20 Å². The molecule has 3 aromatic rings. The Hall–Kier alpha value is -3.49. The van der Waals surface area contributed by atoms with Crippen LogP contribution in [0.4, 0.5) is 17.5 Å². The monoisotopic (exact) mass is 379 g/mol. The smallest absolute Gasteiger partial charge is 0.292 e. The maximum absolute atomic E-state index is 12.4. The van der Waals surface area contributed by atoms with Crippen molar-refractivity contribution in [1.82, 2.24) is 25.0 Å². The van der Waals surface area contributed by atoms with Crippen LogP contribution in [0.25, 0.3) is 0 Å². The molecule has 1 aliphatic heterocycles. The highest BCUT2D eigenvalue weighted by atomic mass is 16.5. The van der Waals surface area contributed by atoms with Crippen LogP contribution in [0.3, 0.4) is 0 Å². The number of hydrogen-bond acceptors (Lipinski definition) is 8. The molecule has 0 atom stereocenters. The fraction of sp³-hybridized carbons (Fsp3) is 0.316. The maximum atomic E-state index is 12.4. The number of aryl methyl sites for hydroxylation is 2. The Kier molecular flexibility index (Phi) is 4.88. The predicted molar refractivity (Wildman–Crippen MR) is 104 cm³/mol. The second kappa shape index (κ2) is 7.63. The van der Waals surface area contributed by atoms with Gasteiger partial charge in [0.2, 0.25) is 5.76 Å². The number of anilines is 3. The molecule has 1 fully saturated rings. The van der Waals surface area contributed by atoms with Gasteiger partial charge in [-0.05, 0) is 31.5 Å². The third-order valence-corrected chi connectivity index (χ3v) is 4.54. The lowest BCUT2D eigenvalue weighted by molar-refractivity contribution is 0.0704. The largest absolute Gasteiger partial charge is 0.353 e. The van der Waals surface area contributed by atoms with Crippen molar-refractivity contribution in [1.29, 1.82) is 0 Å². The second-order valence-corrected chi connectivity index (χ2v) is 6.66. The highest BCUT2D eigenvalue weighted by Gasteiger charge is 2.25. The maximum Gasteiger partial charge on any atom is 0.292 e. The van der Waals surface area contributed by atoms with E-state index < -0.39 is 0 Å². The fourth-order valence-electron chi connectivity index (χ4n) is 3.13. The Morgan fingerprint density at radius 2 is 1.86 bits per heavy atom. The van der Waals surface area contributed by atoms with Crippen LogP contribution in [0.15, 0.2) is 41.2 Å². The van der Waals surface area contributed by atoms with Crippen molar-refractivity contribution < 1.29 is 9.32 Å². The van der Waals surface area contributed by atoms with Gasteiger partial charge in [0, 0.05) is 44.5 Å². The SMILES string of the molecule is Cc1ccnc(Nc2cc(N3CCN(C(=O)c4ccno4)CC3)nc(C)n2)c1. The van der Waals surface area contributed by atoms with Crippen LogP contribution in [0.5, 0.6) is 0 Å². The average molecular weight is 379 g/mol. The summed E-state index contributed by atoms with van der Waals surface area (Å²) in [5, 5.41) is 6.84. The zero-order valence-electron chi connectivity index (χ0n) is 15.8. The number of nitrogens with zero attached hydrogens (tertiary/aromatic N) is 6. The van der Waals surface area contributed by atoms with Crippen molar-refractivity contribution >= 4 is 23.4 Å². The molecule has 144 valence electrons. The Morgan fingerprint density at radius 3 is 2.57 bits per heavy atom. The number of hydrogen-bond donors (Lipinski definition) is 1. The molecule has 1 N–H and O–H groups in total. The quantitative estimate of drug-likeness (QED) is 0.736. The number of aromatic nitrogens is 4. The van der Waals surface area contributed by atoms with Gasteiger partial charge in [-0.1, -0.05) is 5.16 Å². The molecule has 9 heteroatoms. The molecule has 0 radical (unpaired) electrons. The van der Waals surface area contributed by atoms with Crippen LogP contribution in [0.1, 0.15) is 21.9 Å². The van der Waals surface area contributed by atoms with Gasteiger partial charge in [-0.3, -0.25) is 4.79 Å². The molecule has 0 aliphatic carbocycles. The molecule has 1 saturated heterocycles. The molecule has 4 rings (SSSR count). The van der Waals surface area contributed by atoms with E-state index in [1.54, 1.807) is 17.2 Å². The fourth-order valence-corrected chi connectivity index (χ4v) is 3.13. The third-order valence-electron chi connectivity index (χ3n) is 4.54. The lowest BCUT2D eigenvalue weighted by Gasteiger charge is -2.35. The van der Waals surface area contributed by atoms with Gasteiger partial charge in [-0.15, -0.1) is 0 Å². The minimum absolute atomic E-state index is 0.135. The topological polar surface area (TPSA) is 100 Å². The summed E-state index contributed by atoms with van der Waals surface area (Å²) < 4.78 is 4.97. The molecule has 0 spiro atoms. The highest BCUT2D eigenvalue weighted by Crippen LogP contribution is 2.21. The van der Waals surface area contributed by atoms with Crippen molar-refractivity contribution in [3.8, 4) is 0 Å². The zero-order chi connectivity index (χ0) is 19.5. The first-order valence-corrected chi connectivity index (χ1v) is 9.09. The highest BCUT2D eigenvalue weighted by molar-refractivity contribution is 5.91. The molecule has 4 heterocycles. The Labute approximate surface area is 162 Å². The van der Waals surface area contributed by atoms with Crippen molar-refractivity contribution in [3.05, 3.63) is 53.8 Å². The van der Waals surface area contributed by atoms with E-state index in [0.29, 0.717) is 37.8 Å². The van der Waals surface area contributed by atoms with Gasteiger partial charge in [0.25, 0.3) is 5.91 Å². The molecule has 0 unspecified atom stereocenters. The Balaban J connectivity index is 1.45. The molecule has 0 bridgehead atoms. The van der Waals surface area contributed by atoms with Gasteiger partial charge in [0.1, 0.15) is 23.3 Å². The standard InChI is InChI=1S/C19H21N7O2/c1-13-3-5-20-16(11-13)24-17-12-18(23-14(2)22-17)25-7-9-26(10-8-25)19(27)15-4-6-21-28-15/h3-6,11-12H,7-10H2,1-2H3,(H,20,22,23,24). The van der Waals surface area contributed by atoms with Gasteiger partial charge >= 0.3 is 0 Å². The van der Waals surface area contributed by atoms with E-state index in [4.69, 9.17) is 4.52 Å². The summed E-state index contributed by atoms with van der Waals surface area (Å²) in [4.78, 5) is 29.6. The number of carbonyl (C=O) groups excluding carboxylic acids is 1. The normalized spacial score (nSPS) is 14.2. The van der Waals surface area contributed by atoms with E-state index in [9.17, 15) is 4.79 Å². The zero-order valence-corrected chi connectivity index (χ0v) is 15.8. The lowest BCUT2D eigenvalue weighted by atomic mass is 10.2. The summed E-state index contributed by atoms with van der Waals surface area (Å²) in [5.41, 5.74) is 1.12. The van der Waals surface area contributed by atoms with Crippen LogP contribution >= 0.6 is 0 Å². The molecular formula is C19H21N7O2. The first-order chi connectivity index (χ1) is 13.6. The number of nitrogens with one attached hydrogen (secondary N) is 1. The average Bonchev–Trinajstić information content (AvgIpc) is 3.22. The molecule has 0 saturated carbocycles. The third kappa shape index (κ3) is 3.93. The van der Waals surface area contributed by atoms with Gasteiger partial charge in [0.05, 0.1) is 6.20 Å². The first-order valence-electron chi connectivity index (χ1n) is 9.09. The molecule has 3 aromatic heterocycles. The van der Waals surface area contributed by atoms with Gasteiger partial charge in [0.15, 0.2) is 0 Å². The van der Waals surface area contributed by atoms with Crippen molar-refractivity contribution in [3.63, 3.8) is 0 Å². The van der Waals surface area contributed by atoms with E-state index in [-0.39, 0.29) is 11.7 Å². The number of amides is 1. The summed E-state index contributed by atoms with van der Waals surface area (Å²) in [6.45, 7) is 6.41. The summed E-state index contributed by atoms with van der Waals surface area (Å²) >= 11 is 0. The molecular weight excluding hydrogens is 358 g/mol.